The Morgan fingerprint density at radius 1 is 1.41 bits per heavy atom. The number of carbonyl (C=O) groups is 1. The van der Waals surface area contributed by atoms with Crippen molar-refractivity contribution in [1.29, 1.82) is 0 Å². The van der Waals surface area contributed by atoms with Gasteiger partial charge in [0.25, 0.3) is 5.91 Å². The average molecular weight is 393 g/mol. The van der Waals surface area contributed by atoms with E-state index >= 15 is 0 Å². The molecule has 2 bridgehead atoms. The van der Waals surface area contributed by atoms with Gasteiger partial charge in [-0.3, -0.25) is 14.4 Å². The van der Waals surface area contributed by atoms with Gasteiger partial charge in [-0.25, -0.2) is 0 Å². The molecule has 5 rings (SSSR count). The Hall–Kier alpha value is -2.44. The normalized spacial score (nSPS) is 30.4. The zero-order chi connectivity index (χ0) is 20.0. The van der Waals surface area contributed by atoms with Gasteiger partial charge in [-0.15, -0.1) is 6.58 Å². The van der Waals surface area contributed by atoms with Crippen LogP contribution in [-0.2, 0) is 11.8 Å². The van der Waals surface area contributed by atoms with E-state index in [9.17, 15) is 4.79 Å². The topological polar surface area (TPSA) is 59.4 Å². The maximum absolute atomic E-state index is 12.9. The number of fused-ring (bicyclic) bond motifs is 1. The Labute approximate surface area is 171 Å². The Bertz CT molecular complexity index is 924. The quantitative estimate of drug-likeness (QED) is 0.768. The number of nitrogens with zero attached hydrogens (tertiary/aromatic N) is 3. The molecule has 0 unspecified atom stereocenters. The zero-order valence-corrected chi connectivity index (χ0v) is 16.9. The molecule has 6 nitrogen and oxygen atoms in total. The highest BCUT2D eigenvalue weighted by Crippen LogP contribution is 2.54. The Kier molecular flexibility index (Phi) is 4.56. The van der Waals surface area contributed by atoms with E-state index in [4.69, 9.17) is 4.74 Å². The lowest BCUT2D eigenvalue weighted by Crippen LogP contribution is -2.42. The van der Waals surface area contributed by atoms with Crippen molar-refractivity contribution >= 4 is 5.91 Å². The van der Waals surface area contributed by atoms with Crippen LogP contribution < -0.4 is 5.32 Å². The summed E-state index contributed by atoms with van der Waals surface area (Å²) in [6, 6.07) is 11.8. The van der Waals surface area contributed by atoms with E-state index in [1.807, 2.05) is 49.5 Å². The molecule has 1 N–H and O–H groups in total. The van der Waals surface area contributed by atoms with Crippen molar-refractivity contribution < 1.29 is 9.53 Å². The van der Waals surface area contributed by atoms with Crippen molar-refractivity contribution in [3.8, 4) is 11.3 Å². The lowest BCUT2D eigenvalue weighted by molar-refractivity contribution is 0.00365. The number of aryl methyl sites for hydroxylation is 1. The van der Waals surface area contributed by atoms with E-state index in [0.717, 1.165) is 43.7 Å². The zero-order valence-electron chi connectivity index (χ0n) is 16.9. The first kappa shape index (κ1) is 18.6. The lowest BCUT2D eigenvalue weighted by Gasteiger charge is -2.29. The van der Waals surface area contributed by atoms with Gasteiger partial charge in [0.15, 0.2) is 0 Å². The molecule has 1 aromatic carbocycles. The maximum Gasteiger partial charge on any atom is 0.269 e. The van der Waals surface area contributed by atoms with Crippen molar-refractivity contribution in [2.75, 3.05) is 26.2 Å². The summed E-state index contributed by atoms with van der Waals surface area (Å²) in [7, 11) is 1.82. The van der Waals surface area contributed by atoms with Gasteiger partial charge >= 0.3 is 0 Å². The molecule has 3 saturated heterocycles. The molecular formula is C23H28N4O2. The van der Waals surface area contributed by atoms with E-state index in [1.54, 1.807) is 4.68 Å². The summed E-state index contributed by atoms with van der Waals surface area (Å²) in [5.41, 5.74) is 2.41. The largest absolute Gasteiger partial charge is 0.370 e. The monoisotopic (exact) mass is 392 g/mol. The molecule has 0 saturated carbocycles. The molecule has 3 fully saturated rings. The molecule has 0 radical (unpaired) electrons. The summed E-state index contributed by atoms with van der Waals surface area (Å²) < 4.78 is 8.12. The first-order chi connectivity index (χ1) is 14.1. The predicted octanol–water partition coefficient (Wildman–Crippen LogP) is 2.48. The number of carbonyl (C=O) groups excluding carboxylic acids is 1. The van der Waals surface area contributed by atoms with Gasteiger partial charge in [0.1, 0.15) is 5.69 Å². The number of hydrogen-bond donors (Lipinski definition) is 1. The number of aromatic nitrogens is 2. The summed E-state index contributed by atoms with van der Waals surface area (Å²) in [4.78, 5) is 15.3. The van der Waals surface area contributed by atoms with Crippen molar-refractivity contribution in [2.45, 2.75) is 24.5 Å². The molecule has 152 valence electrons. The van der Waals surface area contributed by atoms with E-state index in [1.165, 1.54) is 0 Å². The molecule has 3 aliphatic rings. The third-order valence-electron chi connectivity index (χ3n) is 6.92. The van der Waals surface area contributed by atoms with Gasteiger partial charge in [-0.05, 0) is 18.9 Å². The highest BCUT2D eigenvalue weighted by molar-refractivity contribution is 5.93. The molecule has 1 aromatic heterocycles. The van der Waals surface area contributed by atoms with Crippen molar-refractivity contribution in [1.82, 2.24) is 20.0 Å². The third kappa shape index (κ3) is 3.11. The highest BCUT2D eigenvalue weighted by Gasteiger charge is 2.62. The van der Waals surface area contributed by atoms with Crippen molar-refractivity contribution in [3.63, 3.8) is 0 Å². The van der Waals surface area contributed by atoms with Crippen LogP contribution in [0.4, 0.5) is 0 Å². The van der Waals surface area contributed by atoms with Gasteiger partial charge in [0.2, 0.25) is 0 Å². The molecule has 29 heavy (non-hydrogen) atoms. The van der Waals surface area contributed by atoms with Gasteiger partial charge < -0.3 is 10.1 Å². The SMILES string of the molecule is C=CCN1C[C@@H]2[C@H](CNC(=O)c3cc(-c4ccccc4)nn3C)[C@H]3CC[C@]2(C1)O3. The Balaban J connectivity index is 1.27. The molecule has 2 aromatic rings. The number of hydrogen-bond acceptors (Lipinski definition) is 4. The van der Waals surface area contributed by atoms with E-state index in [0.29, 0.717) is 24.1 Å². The smallest absolute Gasteiger partial charge is 0.269 e. The van der Waals surface area contributed by atoms with Crippen LogP contribution in [0.2, 0.25) is 0 Å². The van der Waals surface area contributed by atoms with Crippen LogP contribution in [0.3, 0.4) is 0 Å². The summed E-state index contributed by atoms with van der Waals surface area (Å²) in [5.74, 6) is 0.803. The van der Waals surface area contributed by atoms with Crippen LogP contribution in [0.5, 0.6) is 0 Å². The number of ether oxygens (including phenoxy) is 1. The number of likely N-dealkylation sites (tertiary alicyclic amines) is 1. The summed E-state index contributed by atoms with van der Waals surface area (Å²) in [6.45, 7) is 7.46. The average Bonchev–Trinajstić information content (AvgIpc) is 3.46. The molecule has 3 aliphatic heterocycles. The van der Waals surface area contributed by atoms with E-state index in [-0.39, 0.29) is 17.6 Å². The third-order valence-corrected chi connectivity index (χ3v) is 6.92. The molecule has 0 aliphatic carbocycles. The summed E-state index contributed by atoms with van der Waals surface area (Å²) in [5, 5.41) is 7.69. The van der Waals surface area contributed by atoms with Gasteiger partial charge in [0, 0.05) is 50.6 Å². The number of amides is 1. The van der Waals surface area contributed by atoms with Crippen molar-refractivity contribution in [3.05, 3.63) is 54.7 Å². The summed E-state index contributed by atoms with van der Waals surface area (Å²) >= 11 is 0. The standard InChI is InChI=1S/C23H28N4O2/c1-3-11-27-14-18-17(21-9-10-23(18,15-27)29-21)13-24-22(28)20-12-19(25-26(20)2)16-7-5-4-6-8-16/h3-8,12,17-18,21H,1,9-11,13-15H2,2H3,(H,24,28)/t17-,18+,21+,23+/m0/s1. The van der Waals surface area contributed by atoms with Crippen LogP contribution in [0.25, 0.3) is 11.3 Å². The number of benzene rings is 1. The molecule has 6 heteroatoms. The fourth-order valence-corrected chi connectivity index (χ4v) is 5.61. The van der Waals surface area contributed by atoms with Crippen LogP contribution >= 0.6 is 0 Å². The first-order valence-corrected chi connectivity index (χ1v) is 10.5. The van der Waals surface area contributed by atoms with Crippen LogP contribution in [0.1, 0.15) is 23.3 Å². The minimum atomic E-state index is -0.0695. The van der Waals surface area contributed by atoms with Gasteiger partial charge in [-0.2, -0.15) is 5.10 Å². The van der Waals surface area contributed by atoms with Crippen LogP contribution in [0, 0.1) is 11.8 Å². The molecular weight excluding hydrogens is 364 g/mol. The van der Waals surface area contributed by atoms with Crippen LogP contribution in [0.15, 0.2) is 49.1 Å². The second kappa shape index (κ2) is 7.11. The van der Waals surface area contributed by atoms with E-state index in [2.05, 4.69) is 21.9 Å². The number of rotatable bonds is 6. The molecule has 4 atom stereocenters. The summed E-state index contributed by atoms with van der Waals surface area (Å²) in [6.07, 6.45) is 4.48. The fourth-order valence-electron chi connectivity index (χ4n) is 5.61. The second-order valence-electron chi connectivity index (χ2n) is 8.63. The highest BCUT2D eigenvalue weighted by atomic mass is 16.5. The number of nitrogens with one attached hydrogen (secondary N) is 1. The maximum atomic E-state index is 12.9. The lowest BCUT2D eigenvalue weighted by atomic mass is 9.73. The van der Waals surface area contributed by atoms with E-state index < -0.39 is 0 Å². The molecule has 1 spiro atoms. The minimum Gasteiger partial charge on any atom is -0.370 e. The fraction of sp³-hybridized carbons (Fsp3) is 0.478. The molecule has 4 heterocycles. The van der Waals surface area contributed by atoms with Gasteiger partial charge in [-0.1, -0.05) is 36.4 Å². The second-order valence-corrected chi connectivity index (χ2v) is 8.63. The Morgan fingerprint density at radius 2 is 2.24 bits per heavy atom. The minimum absolute atomic E-state index is 0.00389. The first-order valence-electron chi connectivity index (χ1n) is 10.5. The van der Waals surface area contributed by atoms with Gasteiger partial charge in [0.05, 0.1) is 17.4 Å². The molecule has 1 amide bonds. The predicted molar refractivity (Wildman–Crippen MR) is 111 cm³/mol. The van der Waals surface area contributed by atoms with Crippen molar-refractivity contribution in [2.24, 2.45) is 18.9 Å². The Morgan fingerprint density at radius 3 is 3.03 bits per heavy atom. The van der Waals surface area contributed by atoms with Crippen LogP contribution in [-0.4, -0.2) is 58.5 Å².